The van der Waals surface area contributed by atoms with E-state index in [9.17, 15) is 9.18 Å². The second-order valence-corrected chi connectivity index (χ2v) is 6.82. The Balaban J connectivity index is 1.69. The van der Waals surface area contributed by atoms with Crippen molar-refractivity contribution in [3.8, 4) is 17.1 Å². The molecule has 3 aromatic rings. The Bertz CT molecular complexity index is 915. The molecule has 4 rings (SSSR count). The third-order valence-corrected chi connectivity index (χ3v) is 4.85. The minimum Gasteiger partial charge on any atom is -0.347 e. The number of hydrogen-bond acceptors (Lipinski definition) is 3. The number of halogens is 1. The molecule has 1 N–H and O–H groups in total. The zero-order valence-corrected chi connectivity index (χ0v) is 14.9. The van der Waals surface area contributed by atoms with Crippen LogP contribution in [0.2, 0.25) is 0 Å². The SMILES string of the molecule is O=C(NC1CCCCC1)c1nc(-c2ccccc2)n(-c2ccc(F)cc2)n1. The maximum atomic E-state index is 13.3. The van der Waals surface area contributed by atoms with E-state index in [2.05, 4.69) is 15.4 Å². The van der Waals surface area contributed by atoms with Crippen molar-refractivity contribution < 1.29 is 9.18 Å². The van der Waals surface area contributed by atoms with Crippen LogP contribution in [0.1, 0.15) is 42.7 Å². The lowest BCUT2D eigenvalue weighted by Crippen LogP contribution is -2.36. The van der Waals surface area contributed by atoms with Gasteiger partial charge in [-0.25, -0.2) is 14.1 Å². The number of hydrogen-bond donors (Lipinski definition) is 1. The first-order chi connectivity index (χ1) is 13.2. The molecule has 1 aromatic heterocycles. The maximum Gasteiger partial charge on any atom is 0.291 e. The molecule has 5 nitrogen and oxygen atoms in total. The van der Waals surface area contributed by atoms with E-state index >= 15 is 0 Å². The largest absolute Gasteiger partial charge is 0.347 e. The molecule has 0 bridgehead atoms. The van der Waals surface area contributed by atoms with Gasteiger partial charge in [0.1, 0.15) is 5.82 Å². The summed E-state index contributed by atoms with van der Waals surface area (Å²) in [4.78, 5) is 17.2. The number of carbonyl (C=O) groups excluding carboxylic acids is 1. The van der Waals surface area contributed by atoms with Crippen LogP contribution in [0.5, 0.6) is 0 Å². The van der Waals surface area contributed by atoms with Gasteiger partial charge in [-0.1, -0.05) is 49.6 Å². The van der Waals surface area contributed by atoms with E-state index in [1.54, 1.807) is 16.8 Å². The number of nitrogens with zero attached hydrogens (tertiary/aromatic N) is 3. The van der Waals surface area contributed by atoms with Crippen LogP contribution in [-0.4, -0.2) is 26.7 Å². The number of carbonyl (C=O) groups is 1. The van der Waals surface area contributed by atoms with E-state index in [1.165, 1.54) is 18.6 Å². The van der Waals surface area contributed by atoms with Gasteiger partial charge in [0.2, 0.25) is 5.82 Å². The van der Waals surface area contributed by atoms with E-state index in [0.717, 1.165) is 31.2 Å². The van der Waals surface area contributed by atoms with Gasteiger partial charge in [-0.15, -0.1) is 5.10 Å². The fourth-order valence-corrected chi connectivity index (χ4v) is 3.44. The average Bonchev–Trinajstić information content (AvgIpc) is 3.16. The maximum absolute atomic E-state index is 13.3. The highest BCUT2D eigenvalue weighted by atomic mass is 19.1. The van der Waals surface area contributed by atoms with Gasteiger partial charge in [-0.05, 0) is 37.1 Å². The second-order valence-electron chi connectivity index (χ2n) is 6.82. The lowest BCUT2D eigenvalue weighted by molar-refractivity contribution is 0.0917. The minimum absolute atomic E-state index is 0.128. The van der Waals surface area contributed by atoms with E-state index in [-0.39, 0.29) is 23.6 Å². The molecule has 0 unspecified atom stereocenters. The molecule has 27 heavy (non-hydrogen) atoms. The van der Waals surface area contributed by atoms with Crippen molar-refractivity contribution in [3.05, 3.63) is 66.2 Å². The van der Waals surface area contributed by atoms with Gasteiger partial charge in [-0.3, -0.25) is 4.79 Å². The first-order valence-corrected chi connectivity index (χ1v) is 9.30. The standard InChI is InChI=1S/C21H21FN4O/c22-16-11-13-18(14-12-16)26-20(15-7-3-1-4-8-15)24-19(25-26)21(27)23-17-9-5-2-6-10-17/h1,3-4,7-8,11-14,17H,2,5-6,9-10H2,(H,23,27). The van der Waals surface area contributed by atoms with Crippen molar-refractivity contribution in [2.75, 3.05) is 0 Å². The van der Waals surface area contributed by atoms with Crippen molar-refractivity contribution >= 4 is 5.91 Å². The molecule has 0 aliphatic heterocycles. The van der Waals surface area contributed by atoms with Crippen LogP contribution in [0.4, 0.5) is 4.39 Å². The fourth-order valence-electron chi connectivity index (χ4n) is 3.44. The monoisotopic (exact) mass is 364 g/mol. The molecular formula is C21H21FN4O. The summed E-state index contributed by atoms with van der Waals surface area (Å²) in [6.45, 7) is 0. The van der Waals surface area contributed by atoms with Crippen LogP contribution in [0.3, 0.4) is 0 Å². The number of nitrogens with one attached hydrogen (secondary N) is 1. The Morgan fingerprint density at radius 2 is 1.70 bits per heavy atom. The van der Waals surface area contributed by atoms with Crippen LogP contribution >= 0.6 is 0 Å². The van der Waals surface area contributed by atoms with Gasteiger partial charge in [0.15, 0.2) is 5.82 Å². The van der Waals surface area contributed by atoms with E-state index in [1.807, 2.05) is 30.3 Å². The van der Waals surface area contributed by atoms with Crippen molar-refractivity contribution in [3.63, 3.8) is 0 Å². The van der Waals surface area contributed by atoms with Gasteiger partial charge in [-0.2, -0.15) is 0 Å². The van der Waals surface area contributed by atoms with Gasteiger partial charge < -0.3 is 5.32 Å². The molecule has 1 saturated carbocycles. The summed E-state index contributed by atoms with van der Waals surface area (Å²) in [7, 11) is 0. The van der Waals surface area contributed by atoms with Crippen LogP contribution in [-0.2, 0) is 0 Å². The Morgan fingerprint density at radius 3 is 2.41 bits per heavy atom. The normalized spacial score (nSPS) is 14.9. The lowest BCUT2D eigenvalue weighted by Gasteiger charge is -2.21. The van der Waals surface area contributed by atoms with Crippen molar-refractivity contribution in [2.45, 2.75) is 38.1 Å². The summed E-state index contributed by atoms with van der Waals surface area (Å²) in [5.41, 5.74) is 1.49. The lowest BCUT2D eigenvalue weighted by atomic mass is 9.95. The molecule has 0 spiro atoms. The highest BCUT2D eigenvalue weighted by Crippen LogP contribution is 2.22. The van der Waals surface area contributed by atoms with Crippen molar-refractivity contribution in [1.82, 2.24) is 20.1 Å². The molecule has 0 atom stereocenters. The summed E-state index contributed by atoms with van der Waals surface area (Å²) >= 11 is 0. The van der Waals surface area contributed by atoms with Crippen LogP contribution in [0, 0.1) is 5.82 Å². The van der Waals surface area contributed by atoms with Crippen molar-refractivity contribution in [2.24, 2.45) is 0 Å². The highest BCUT2D eigenvalue weighted by Gasteiger charge is 2.22. The van der Waals surface area contributed by atoms with E-state index in [0.29, 0.717) is 11.5 Å². The predicted octanol–water partition coefficient (Wildman–Crippen LogP) is 4.14. The zero-order chi connectivity index (χ0) is 18.6. The highest BCUT2D eigenvalue weighted by molar-refractivity contribution is 5.91. The molecule has 6 heteroatoms. The van der Waals surface area contributed by atoms with E-state index < -0.39 is 0 Å². The fraction of sp³-hybridized carbons (Fsp3) is 0.286. The summed E-state index contributed by atoms with van der Waals surface area (Å²) in [5, 5.41) is 7.47. The molecule has 1 aliphatic rings. The topological polar surface area (TPSA) is 59.8 Å². The second kappa shape index (κ2) is 7.70. The molecule has 1 amide bonds. The summed E-state index contributed by atoms with van der Waals surface area (Å²) < 4.78 is 14.9. The Morgan fingerprint density at radius 1 is 1.00 bits per heavy atom. The molecule has 0 radical (unpaired) electrons. The molecule has 138 valence electrons. The molecule has 1 fully saturated rings. The Hall–Kier alpha value is -3.02. The first-order valence-electron chi connectivity index (χ1n) is 9.30. The van der Waals surface area contributed by atoms with Gasteiger partial charge in [0.05, 0.1) is 5.69 Å². The minimum atomic E-state index is -0.324. The quantitative estimate of drug-likeness (QED) is 0.757. The van der Waals surface area contributed by atoms with E-state index in [4.69, 9.17) is 0 Å². The number of rotatable bonds is 4. The Labute approximate surface area is 157 Å². The molecule has 1 aliphatic carbocycles. The summed E-state index contributed by atoms with van der Waals surface area (Å²) in [6, 6.07) is 15.7. The molecule has 2 aromatic carbocycles. The number of amides is 1. The Kier molecular flexibility index (Phi) is 4.96. The zero-order valence-electron chi connectivity index (χ0n) is 14.9. The predicted molar refractivity (Wildman–Crippen MR) is 101 cm³/mol. The van der Waals surface area contributed by atoms with Crippen LogP contribution < -0.4 is 5.32 Å². The molecule has 1 heterocycles. The smallest absolute Gasteiger partial charge is 0.291 e. The summed E-state index contributed by atoms with van der Waals surface area (Å²) in [6.07, 6.45) is 5.49. The average molecular weight is 364 g/mol. The van der Waals surface area contributed by atoms with Crippen LogP contribution in [0.15, 0.2) is 54.6 Å². The third kappa shape index (κ3) is 3.89. The van der Waals surface area contributed by atoms with Gasteiger partial charge in [0.25, 0.3) is 5.91 Å². The van der Waals surface area contributed by atoms with Crippen molar-refractivity contribution in [1.29, 1.82) is 0 Å². The number of aromatic nitrogens is 3. The third-order valence-electron chi connectivity index (χ3n) is 4.85. The van der Waals surface area contributed by atoms with Gasteiger partial charge in [0, 0.05) is 11.6 Å². The molecule has 0 saturated heterocycles. The first kappa shape index (κ1) is 17.4. The summed E-state index contributed by atoms with van der Waals surface area (Å²) in [5.74, 6) is 0.0927. The molecular weight excluding hydrogens is 343 g/mol. The van der Waals surface area contributed by atoms with Crippen LogP contribution in [0.25, 0.3) is 17.1 Å². The number of benzene rings is 2. The van der Waals surface area contributed by atoms with Gasteiger partial charge >= 0.3 is 0 Å².